The lowest BCUT2D eigenvalue weighted by atomic mass is 10.3. The van der Waals surface area contributed by atoms with Crippen LogP contribution in [0.4, 0.5) is 15.8 Å². The van der Waals surface area contributed by atoms with Crippen LogP contribution in [0.25, 0.3) is 0 Å². The van der Waals surface area contributed by atoms with Gasteiger partial charge in [0.2, 0.25) is 10.0 Å². The van der Waals surface area contributed by atoms with Gasteiger partial charge in [0.15, 0.2) is 0 Å². The zero-order valence-electron chi connectivity index (χ0n) is 15.4. The van der Waals surface area contributed by atoms with Crippen molar-refractivity contribution in [2.45, 2.75) is 4.90 Å². The molecule has 29 heavy (non-hydrogen) atoms. The predicted octanol–water partition coefficient (Wildman–Crippen LogP) is 2.25. The fourth-order valence-electron chi connectivity index (χ4n) is 2.80. The van der Waals surface area contributed by atoms with Gasteiger partial charge in [0.1, 0.15) is 23.1 Å². The Balaban J connectivity index is 1.75. The van der Waals surface area contributed by atoms with Crippen molar-refractivity contribution in [2.75, 3.05) is 44.8 Å². The molecular weight excluding hydrogens is 405 g/mol. The second-order valence-corrected chi connectivity index (χ2v) is 8.09. The molecule has 0 unspecified atom stereocenters. The summed E-state index contributed by atoms with van der Waals surface area (Å²) in [6.07, 6.45) is 0. The first-order valence-electron chi connectivity index (χ1n) is 8.86. The van der Waals surface area contributed by atoms with Gasteiger partial charge in [-0.05, 0) is 30.3 Å². The van der Waals surface area contributed by atoms with E-state index in [1.807, 2.05) is 0 Å². The van der Waals surface area contributed by atoms with Gasteiger partial charge >= 0.3 is 0 Å². The van der Waals surface area contributed by atoms with Crippen molar-refractivity contribution in [1.82, 2.24) is 4.31 Å². The van der Waals surface area contributed by atoms with Crippen molar-refractivity contribution < 1.29 is 27.2 Å². The van der Waals surface area contributed by atoms with Gasteiger partial charge in [-0.3, -0.25) is 10.1 Å². The van der Waals surface area contributed by atoms with E-state index < -0.39 is 14.9 Å². The van der Waals surface area contributed by atoms with Gasteiger partial charge in [-0.15, -0.1) is 0 Å². The van der Waals surface area contributed by atoms with E-state index in [0.29, 0.717) is 5.75 Å². The third-order valence-electron chi connectivity index (χ3n) is 4.26. The Morgan fingerprint density at radius 2 is 1.86 bits per heavy atom. The van der Waals surface area contributed by atoms with Gasteiger partial charge in [0.25, 0.3) is 5.69 Å². The zero-order chi connectivity index (χ0) is 20.9. The van der Waals surface area contributed by atoms with E-state index in [1.165, 1.54) is 40.7 Å². The van der Waals surface area contributed by atoms with Crippen LogP contribution < -0.4 is 10.1 Å². The Bertz CT molecular complexity index is 962. The van der Waals surface area contributed by atoms with Crippen molar-refractivity contribution in [1.29, 1.82) is 0 Å². The number of non-ortho nitro benzene ring substituents is 1. The fraction of sp³-hybridized carbons (Fsp3) is 0.333. The van der Waals surface area contributed by atoms with Crippen LogP contribution in [0, 0.1) is 15.9 Å². The number of anilines is 1. The fourth-order valence-corrected chi connectivity index (χ4v) is 4.39. The molecule has 1 aliphatic heterocycles. The molecule has 0 spiro atoms. The molecule has 1 fully saturated rings. The topological polar surface area (TPSA) is 111 Å². The highest BCUT2D eigenvalue weighted by molar-refractivity contribution is 7.89. The van der Waals surface area contributed by atoms with Crippen LogP contribution >= 0.6 is 0 Å². The number of hydrogen-bond acceptors (Lipinski definition) is 7. The second-order valence-electron chi connectivity index (χ2n) is 6.18. The maximum absolute atomic E-state index is 13.0. The van der Waals surface area contributed by atoms with Crippen LogP contribution in [0.2, 0.25) is 0 Å². The Morgan fingerprint density at radius 3 is 2.52 bits per heavy atom. The molecule has 3 rings (SSSR count). The van der Waals surface area contributed by atoms with Crippen LogP contribution in [0.3, 0.4) is 0 Å². The third-order valence-corrected chi connectivity index (χ3v) is 6.20. The highest BCUT2D eigenvalue weighted by Gasteiger charge is 2.30. The normalized spacial score (nSPS) is 15.1. The summed E-state index contributed by atoms with van der Waals surface area (Å²) in [4.78, 5) is 10.3. The Labute approximate surface area is 167 Å². The molecule has 0 saturated carbocycles. The van der Waals surface area contributed by atoms with Gasteiger partial charge < -0.3 is 14.8 Å². The summed E-state index contributed by atoms with van der Waals surface area (Å²) in [6.45, 7) is 1.31. The van der Waals surface area contributed by atoms with E-state index in [9.17, 15) is 22.9 Å². The smallest absolute Gasteiger partial charge is 0.270 e. The number of morpholine rings is 1. The molecule has 1 aliphatic rings. The van der Waals surface area contributed by atoms with E-state index in [-0.39, 0.29) is 61.5 Å². The van der Waals surface area contributed by atoms with Crippen molar-refractivity contribution in [2.24, 2.45) is 0 Å². The summed E-state index contributed by atoms with van der Waals surface area (Å²) in [5.74, 6) is 0.0948. The van der Waals surface area contributed by atoms with Crippen molar-refractivity contribution in [3.8, 4) is 5.75 Å². The summed E-state index contributed by atoms with van der Waals surface area (Å²) in [7, 11) is -3.94. The number of nitro benzene ring substituents is 1. The number of nitrogens with zero attached hydrogens (tertiary/aromatic N) is 2. The summed E-state index contributed by atoms with van der Waals surface area (Å²) in [5.41, 5.74) is -0.0743. The molecule has 0 radical (unpaired) electrons. The van der Waals surface area contributed by atoms with Gasteiger partial charge in [-0.1, -0.05) is 0 Å². The molecule has 2 aromatic rings. The monoisotopic (exact) mass is 425 g/mol. The SMILES string of the molecule is O=[N+]([O-])c1ccc(NCCOc2ccc(F)cc2)c(S(=O)(=O)N2CCOCC2)c1. The minimum atomic E-state index is -3.94. The number of sulfonamides is 1. The molecule has 9 nitrogen and oxygen atoms in total. The lowest BCUT2D eigenvalue weighted by Crippen LogP contribution is -2.40. The number of ether oxygens (including phenoxy) is 2. The van der Waals surface area contributed by atoms with E-state index in [2.05, 4.69) is 5.32 Å². The molecule has 11 heteroatoms. The zero-order valence-corrected chi connectivity index (χ0v) is 16.2. The standard InChI is InChI=1S/C18H20FN3O6S/c19-14-1-4-16(5-2-14)28-10-7-20-17-6-3-15(22(23)24)13-18(17)29(25,26)21-8-11-27-12-9-21/h1-6,13,20H,7-12H2. The second kappa shape index (κ2) is 9.16. The Morgan fingerprint density at radius 1 is 1.17 bits per heavy atom. The maximum Gasteiger partial charge on any atom is 0.270 e. The predicted molar refractivity (Wildman–Crippen MR) is 103 cm³/mol. The van der Waals surface area contributed by atoms with Crippen molar-refractivity contribution in [3.63, 3.8) is 0 Å². The van der Waals surface area contributed by atoms with E-state index in [1.54, 1.807) is 0 Å². The number of hydrogen-bond donors (Lipinski definition) is 1. The van der Waals surface area contributed by atoms with Crippen LogP contribution in [-0.4, -0.2) is 57.1 Å². The minimum Gasteiger partial charge on any atom is -0.492 e. The molecule has 1 N–H and O–H groups in total. The summed E-state index contributed by atoms with van der Waals surface area (Å²) < 4.78 is 50.8. The third kappa shape index (κ3) is 5.19. The molecule has 156 valence electrons. The average Bonchev–Trinajstić information content (AvgIpc) is 2.73. The van der Waals surface area contributed by atoms with E-state index in [0.717, 1.165) is 6.07 Å². The Hall–Kier alpha value is -2.76. The molecule has 0 aliphatic carbocycles. The molecule has 2 aromatic carbocycles. The van der Waals surface area contributed by atoms with Crippen LogP contribution in [0.15, 0.2) is 47.4 Å². The van der Waals surface area contributed by atoms with E-state index >= 15 is 0 Å². The maximum atomic E-state index is 13.0. The van der Waals surface area contributed by atoms with Gasteiger partial charge in [-0.2, -0.15) is 4.31 Å². The van der Waals surface area contributed by atoms with Gasteiger partial charge in [0, 0.05) is 31.8 Å². The Kier molecular flexibility index (Phi) is 6.62. The number of benzene rings is 2. The lowest BCUT2D eigenvalue weighted by Gasteiger charge is -2.27. The first kappa shape index (κ1) is 21.0. The first-order valence-corrected chi connectivity index (χ1v) is 10.3. The molecule has 0 aromatic heterocycles. The van der Waals surface area contributed by atoms with Crippen LogP contribution in [0.1, 0.15) is 0 Å². The van der Waals surface area contributed by atoms with Gasteiger partial charge in [-0.25, -0.2) is 12.8 Å². The van der Waals surface area contributed by atoms with Crippen molar-refractivity contribution in [3.05, 3.63) is 58.4 Å². The number of nitrogens with one attached hydrogen (secondary N) is 1. The highest BCUT2D eigenvalue weighted by Crippen LogP contribution is 2.29. The first-order chi connectivity index (χ1) is 13.9. The number of nitro groups is 1. The summed E-state index contributed by atoms with van der Waals surface area (Å²) in [6, 6.07) is 9.15. The van der Waals surface area contributed by atoms with E-state index in [4.69, 9.17) is 9.47 Å². The lowest BCUT2D eigenvalue weighted by molar-refractivity contribution is -0.385. The molecule has 1 heterocycles. The molecule has 0 atom stereocenters. The quantitative estimate of drug-likeness (QED) is 0.392. The average molecular weight is 425 g/mol. The van der Waals surface area contributed by atoms with Crippen molar-refractivity contribution >= 4 is 21.4 Å². The summed E-state index contributed by atoms with van der Waals surface area (Å²) >= 11 is 0. The number of halogens is 1. The summed E-state index contributed by atoms with van der Waals surface area (Å²) in [5, 5.41) is 14.1. The van der Waals surface area contributed by atoms with Gasteiger partial charge in [0.05, 0.1) is 23.8 Å². The molecular formula is C18H20FN3O6S. The van der Waals surface area contributed by atoms with Crippen LogP contribution in [-0.2, 0) is 14.8 Å². The minimum absolute atomic E-state index is 0.171. The number of rotatable bonds is 8. The largest absolute Gasteiger partial charge is 0.492 e. The molecule has 0 amide bonds. The highest BCUT2D eigenvalue weighted by atomic mass is 32.2. The molecule has 1 saturated heterocycles. The molecule has 0 bridgehead atoms. The van der Waals surface area contributed by atoms with Crippen LogP contribution in [0.5, 0.6) is 5.75 Å².